The van der Waals surface area contributed by atoms with Crippen LogP contribution in [0.15, 0.2) is 12.3 Å². The summed E-state index contributed by atoms with van der Waals surface area (Å²) < 4.78 is 0. The zero-order chi connectivity index (χ0) is 16.1. The van der Waals surface area contributed by atoms with Crippen LogP contribution in [-0.4, -0.2) is 40.2 Å². The van der Waals surface area contributed by atoms with Crippen molar-refractivity contribution in [3.05, 3.63) is 23.5 Å². The second kappa shape index (κ2) is 10.6. The summed E-state index contributed by atoms with van der Waals surface area (Å²) in [5.41, 5.74) is 2.16. The highest BCUT2D eigenvalue weighted by Crippen LogP contribution is 2.17. The lowest BCUT2D eigenvalue weighted by Crippen LogP contribution is -2.36. The summed E-state index contributed by atoms with van der Waals surface area (Å²) in [6, 6.07) is 2.45. The van der Waals surface area contributed by atoms with E-state index in [1.165, 1.54) is 38.5 Å². The minimum atomic E-state index is -0.0809. The molecule has 1 fully saturated rings. The van der Waals surface area contributed by atoms with Crippen LogP contribution in [0.3, 0.4) is 0 Å². The SMILES string of the molecule is Cc1[nH]nc2ncc(C(=O)NCCNC3CCCCCC3)cc12.Cl.Cl. The molecule has 0 unspecified atom stereocenters. The van der Waals surface area contributed by atoms with Gasteiger partial charge in [0.25, 0.3) is 5.91 Å². The summed E-state index contributed by atoms with van der Waals surface area (Å²) >= 11 is 0. The smallest absolute Gasteiger partial charge is 0.252 e. The highest BCUT2D eigenvalue weighted by Gasteiger charge is 2.12. The minimum absolute atomic E-state index is 0. The standard InChI is InChI=1S/C17H25N5O.2ClH/c1-12-15-10-13(11-20-16(15)22-21-12)17(23)19-9-8-18-14-6-4-2-3-5-7-14;;/h10-11,14,18H,2-9H2,1H3,(H,19,23)(H,20,21,22);2*1H. The van der Waals surface area contributed by atoms with E-state index in [0.29, 0.717) is 23.8 Å². The average molecular weight is 388 g/mol. The Kier molecular flexibility index (Phi) is 9.17. The van der Waals surface area contributed by atoms with Crippen LogP contribution < -0.4 is 10.6 Å². The Bertz CT molecular complexity index is 668. The number of hydrogen-bond acceptors (Lipinski definition) is 4. The van der Waals surface area contributed by atoms with Gasteiger partial charge in [-0.2, -0.15) is 5.10 Å². The predicted octanol–water partition coefficient (Wildman–Crippen LogP) is 3.15. The third-order valence-electron chi connectivity index (χ3n) is 4.56. The van der Waals surface area contributed by atoms with Gasteiger partial charge in [0.2, 0.25) is 0 Å². The molecule has 3 N–H and O–H groups in total. The van der Waals surface area contributed by atoms with Crippen molar-refractivity contribution in [1.29, 1.82) is 0 Å². The normalized spacial score (nSPS) is 15.1. The summed E-state index contributed by atoms with van der Waals surface area (Å²) in [4.78, 5) is 16.4. The number of aryl methyl sites for hydroxylation is 1. The number of nitrogens with zero attached hydrogens (tertiary/aromatic N) is 2. The molecular weight excluding hydrogens is 361 g/mol. The zero-order valence-electron chi connectivity index (χ0n) is 14.5. The first kappa shape index (κ1) is 21.7. The van der Waals surface area contributed by atoms with Gasteiger partial charge in [-0.25, -0.2) is 4.98 Å². The van der Waals surface area contributed by atoms with Crippen LogP contribution in [0.1, 0.15) is 54.6 Å². The molecule has 6 nitrogen and oxygen atoms in total. The Labute approximate surface area is 160 Å². The van der Waals surface area contributed by atoms with E-state index in [9.17, 15) is 4.79 Å². The molecule has 2 aromatic rings. The van der Waals surface area contributed by atoms with E-state index in [0.717, 1.165) is 17.6 Å². The summed E-state index contributed by atoms with van der Waals surface area (Å²) in [6.45, 7) is 3.38. The van der Waals surface area contributed by atoms with E-state index in [-0.39, 0.29) is 30.7 Å². The number of rotatable bonds is 5. The van der Waals surface area contributed by atoms with E-state index in [1.54, 1.807) is 6.20 Å². The molecule has 2 aromatic heterocycles. The number of H-pyrrole nitrogens is 1. The fraction of sp³-hybridized carbons (Fsp3) is 0.588. The maximum absolute atomic E-state index is 12.2. The number of pyridine rings is 1. The van der Waals surface area contributed by atoms with Crippen molar-refractivity contribution in [3.63, 3.8) is 0 Å². The van der Waals surface area contributed by atoms with Gasteiger partial charge < -0.3 is 10.6 Å². The summed E-state index contributed by atoms with van der Waals surface area (Å²) in [6.07, 6.45) is 9.45. The lowest BCUT2D eigenvalue weighted by Gasteiger charge is -2.16. The average Bonchev–Trinajstić information content (AvgIpc) is 2.77. The third kappa shape index (κ3) is 5.83. The fourth-order valence-corrected chi connectivity index (χ4v) is 3.18. The topological polar surface area (TPSA) is 82.7 Å². The summed E-state index contributed by atoms with van der Waals surface area (Å²) in [5.74, 6) is -0.0809. The first-order valence-electron chi connectivity index (χ1n) is 8.56. The molecule has 140 valence electrons. The molecule has 0 spiro atoms. The second-order valence-corrected chi connectivity index (χ2v) is 6.34. The molecule has 0 bridgehead atoms. The number of nitrogens with one attached hydrogen (secondary N) is 3. The van der Waals surface area contributed by atoms with Crippen molar-refractivity contribution in [1.82, 2.24) is 25.8 Å². The number of carbonyl (C=O) groups excluding carboxylic acids is 1. The van der Waals surface area contributed by atoms with Gasteiger partial charge in [-0.15, -0.1) is 24.8 Å². The molecule has 0 radical (unpaired) electrons. The molecule has 3 rings (SSSR count). The highest BCUT2D eigenvalue weighted by atomic mass is 35.5. The van der Waals surface area contributed by atoms with Gasteiger partial charge in [-0.1, -0.05) is 25.7 Å². The van der Waals surface area contributed by atoms with Crippen LogP contribution in [-0.2, 0) is 0 Å². The number of halogens is 2. The zero-order valence-corrected chi connectivity index (χ0v) is 16.1. The van der Waals surface area contributed by atoms with Crippen molar-refractivity contribution in [2.45, 2.75) is 51.5 Å². The molecule has 0 aliphatic heterocycles. The lowest BCUT2D eigenvalue weighted by atomic mass is 10.1. The van der Waals surface area contributed by atoms with Gasteiger partial charge in [-0.05, 0) is 25.8 Å². The van der Waals surface area contributed by atoms with Crippen molar-refractivity contribution in [2.75, 3.05) is 13.1 Å². The highest BCUT2D eigenvalue weighted by molar-refractivity contribution is 5.97. The van der Waals surface area contributed by atoms with Crippen molar-refractivity contribution < 1.29 is 4.79 Å². The fourth-order valence-electron chi connectivity index (χ4n) is 3.18. The number of aromatic nitrogens is 3. The molecule has 25 heavy (non-hydrogen) atoms. The van der Waals surface area contributed by atoms with E-state index >= 15 is 0 Å². The predicted molar refractivity (Wildman–Crippen MR) is 105 cm³/mol. The molecule has 1 amide bonds. The number of amides is 1. The molecule has 0 atom stereocenters. The minimum Gasteiger partial charge on any atom is -0.351 e. The van der Waals surface area contributed by atoms with Gasteiger partial charge in [-0.3, -0.25) is 9.89 Å². The van der Waals surface area contributed by atoms with Crippen molar-refractivity contribution in [3.8, 4) is 0 Å². The second-order valence-electron chi connectivity index (χ2n) is 6.34. The van der Waals surface area contributed by atoms with Gasteiger partial charge in [0.1, 0.15) is 0 Å². The Morgan fingerprint density at radius 3 is 2.64 bits per heavy atom. The Morgan fingerprint density at radius 1 is 1.20 bits per heavy atom. The quantitative estimate of drug-likeness (QED) is 0.543. The van der Waals surface area contributed by atoms with Gasteiger partial charge in [0, 0.05) is 36.4 Å². The van der Waals surface area contributed by atoms with Gasteiger partial charge in [0.15, 0.2) is 5.65 Å². The number of aromatic amines is 1. The molecule has 1 saturated carbocycles. The van der Waals surface area contributed by atoms with E-state index < -0.39 is 0 Å². The van der Waals surface area contributed by atoms with Crippen LogP contribution in [0.2, 0.25) is 0 Å². The van der Waals surface area contributed by atoms with Crippen molar-refractivity contribution in [2.24, 2.45) is 0 Å². The maximum Gasteiger partial charge on any atom is 0.252 e. The van der Waals surface area contributed by atoms with Crippen LogP contribution >= 0.6 is 24.8 Å². The molecule has 0 aromatic carbocycles. The first-order chi connectivity index (χ1) is 11.2. The lowest BCUT2D eigenvalue weighted by molar-refractivity contribution is 0.0953. The Morgan fingerprint density at radius 2 is 1.92 bits per heavy atom. The largest absolute Gasteiger partial charge is 0.351 e. The number of hydrogen-bond donors (Lipinski definition) is 3. The van der Waals surface area contributed by atoms with Gasteiger partial charge >= 0.3 is 0 Å². The van der Waals surface area contributed by atoms with E-state index in [1.807, 2.05) is 13.0 Å². The summed E-state index contributed by atoms with van der Waals surface area (Å²) in [5, 5.41) is 14.4. The third-order valence-corrected chi connectivity index (χ3v) is 4.56. The molecule has 0 saturated heterocycles. The summed E-state index contributed by atoms with van der Waals surface area (Å²) in [7, 11) is 0. The molecule has 2 heterocycles. The monoisotopic (exact) mass is 387 g/mol. The van der Waals surface area contributed by atoms with Crippen LogP contribution in [0.4, 0.5) is 0 Å². The van der Waals surface area contributed by atoms with Crippen molar-refractivity contribution >= 4 is 41.8 Å². The molecule has 8 heteroatoms. The Balaban J connectivity index is 0.00000156. The first-order valence-corrected chi connectivity index (χ1v) is 8.56. The molecule has 1 aliphatic rings. The van der Waals surface area contributed by atoms with Crippen LogP contribution in [0, 0.1) is 6.92 Å². The molecular formula is C17H27Cl2N5O. The van der Waals surface area contributed by atoms with Crippen LogP contribution in [0.25, 0.3) is 11.0 Å². The van der Waals surface area contributed by atoms with E-state index in [4.69, 9.17) is 0 Å². The van der Waals surface area contributed by atoms with Gasteiger partial charge in [0.05, 0.1) is 5.56 Å². The Hall–Kier alpha value is -1.37. The maximum atomic E-state index is 12.2. The molecule has 1 aliphatic carbocycles. The number of carbonyl (C=O) groups is 1. The van der Waals surface area contributed by atoms with E-state index in [2.05, 4.69) is 25.8 Å². The number of fused-ring (bicyclic) bond motifs is 1. The van der Waals surface area contributed by atoms with Crippen LogP contribution in [0.5, 0.6) is 0 Å².